The number of rotatable bonds is 9. The van der Waals surface area contributed by atoms with Gasteiger partial charge in [0.25, 0.3) is 11.1 Å². The molecule has 0 radical (unpaired) electrons. The summed E-state index contributed by atoms with van der Waals surface area (Å²) in [6.07, 6.45) is -3.23. The van der Waals surface area contributed by atoms with Gasteiger partial charge in [-0.05, 0) is 87.4 Å². The van der Waals surface area contributed by atoms with E-state index < -0.39 is 35.3 Å². The maximum Gasteiger partial charge on any atom is 0.416 e. The Labute approximate surface area is 249 Å². The van der Waals surface area contributed by atoms with E-state index in [-0.39, 0.29) is 28.8 Å². The molecule has 14 heteroatoms. The van der Waals surface area contributed by atoms with Gasteiger partial charge in [-0.1, -0.05) is 12.1 Å². The van der Waals surface area contributed by atoms with Gasteiger partial charge in [0.1, 0.15) is 24.7 Å². The van der Waals surface area contributed by atoms with Crippen molar-refractivity contribution >= 4 is 56.5 Å². The first-order chi connectivity index (χ1) is 19.9. The van der Waals surface area contributed by atoms with E-state index in [2.05, 4.69) is 21.2 Å². The number of benzene rings is 3. The number of alkyl halides is 3. The summed E-state index contributed by atoms with van der Waals surface area (Å²) in [5.74, 6) is -1.40. The number of methoxy groups -OCH3 is 2. The molecule has 0 aliphatic carbocycles. The summed E-state index contributed by atoms with van der Waals surface area (Å²) in [6.45, 7) is -0.605. The third kappa shape index (κ3) is 7.23. The number of nitrogens with one attached hydrogen (secondary N) is 1. The largest absolute Gasteiger partial charge is 0.495 e. The summed E-state index contributed by atoms with van der Waals surface area (Å²) < 4.78 is 69.3. The summed E-state index contributed by atoms with van der Waals surface area (Å²) in [7, 11) is 2.64. The molecule has 0 aromatic heterocycles. The lowest BCUT2D eigenvalue weighted by molar-refractivity contribution is -0.137. The Morgan fingerprint density at radius 1 is 1.02 bits per heavy atom. The fourth-order valence-electron chi connectivity index (χ4n) is 3.80. The van der Waals surface area contributed by atoms with Gasteiger partial charge in [-0.15, -0.1) is 0 Å². The molecule has 1 aliphatic heterocycles. The average molecular weight is 669 g/mol. The van der Waals surface area contributed by atoms with Gasteiger partial charge in [0.15, 0.2) is 11.5 Å². The Morgan fingerprint density at radius 2 is 1.71 bits per heavy atom. The van der Waals surface area contributed by atoms with Crippen LogP contribution in [0.25, 0.3) is 6.08 Å². The predicted molar refractivity (Wildman–Crippen MR) is 151 cm³/mol. The molecule has 1 fully saturated rings. The standard InChI is InChI=1S/C28H21BrF4N2O6S/c1-39-21-8-5-17(28(31,32)33)12-20(21)34-24(36)13-35-26(37)23(42-27(35)38)11-16-9-19(29)25(22(10-16)40-2)41-14-15-3-6-18(30)7-4-15/h3-12H,13-14H2,1-2H3,(H,34,36)/b23-11-. The molecule has 0 atom stereocenters. The van der Waals surface area contributed by atoms with Crippen molar-refractivity contribution in [3.63, 3.8) is 0 Å². The molecule has 1 heterocycles. The number of hydrogen-bond donors (Lipinski definition) is 1. The zero-order valence-corrected chi connectivity index (χ0v) is 24.3. The molecular weight excluding hydrogens is 648 g/mol. The highest BCUT2D eigenvalue weighted by molar-refractivity contribution is 9.10. The van der Waals surface area contributed by atoms with Gasteiger partial charge >= 0.3 is 6.18 Å². The number of carbonyl (C=O) groups is 3. The van der Waals surface area contributed by atoms with Crippen molar-refractivity contribution in [2.45, 2.75) is 12.8 Å². The Morgan fingerprint density at radius 3 is 2.36 bits per heavy atom. The van der Waals surface area contributed by atoms with Crippen LogP contribution in [0.4, 0.5) is 28.0 Å². The number of carbonyl (C=O) groups excluding carboxylic acids is 3. The number of anilines is 1. The van der Waals surface area contributed by atoms with Crippen molar-refractivity contribution in [3.8, 4) is 17.2 Å². The van der Waals surface area contributed by atoms with Crippen LogP contribution in [0.3, 0.4) is 0 Å². The predicted octanol–water partition coefficient (Wildman–Crippen LogP) is 6.88. The van der Waals surface area contributed by atoms with Crippen LogP contribution in [-0.4, -0.2) is 42.7 Å². The number of amides is 3. The molecule has 1 aliphatic rings. The second-order valence-electron chi connectivity index (χ2n) is 8.68. The molecular formula is C28H21BrF4N2O6S. The fraction of sp³-hybridized carbons (Fsp3) is 0.179. The van der Waals surface area contributed by atoms with E-state index in [9.17, 15) is 31.9 Å². The van der Waals surface area contributed by atoms with Crippen LogP contribution < -0.4 is 19.5 Å². The zero-order valence-electron chi connectivity index (χ0n) is 21.9. The molecule has 1 saturated heterocycles. The normalized spacial score (nSPS) is 14.4. The van der Waals surface area contributed by atoms with Crippen molar-refractivity contribution in [3.05, 3.63) is 86.5 Å². The lowest BCUT2D eigenvalue weighted by Gasteiger charge is -2.16. The maximum atomic E-state index is 13.2. The van der Waals surface area contributed by atoms with E-state index in [1.807, 2.05) is 0 Å². The van der Waals surface area contributed by atoms with E-state index in [1.165, 1.54) is 32.4 Å². The van der Waals surface area contributed by atoms with Crippen molar-refractivity contribution in [2.75, 3.05) is 26.1 Å². The summed E-state index contributed by atoms with van der Waals surface area (Å²) >= 11 is 4.01. The molecule has 0 unspecified atom stereocenters. The number of ether oxygens (including phenoxy) is 3. The summed E-state index contributed by atoms with van der Waals surface area (Å²) in [4.78, 5) is 38.9. The molecule has 0 saturated carbocycles. The van der Waals surface area contributed by atoms with Gasteiger partial charge in [0, 0.05) is 0 Å². The monoisotopic (exact) mass is 668 g/mol. The molecule has 3 aromatic rings. The maximum absolute atomic E-state index is 13.2. The minimum atomic E-state index is -4.66. The summed E-state index contributed by atoms with van der Waals surface area (Å²) in [5, 5.41) is 1.53. The van der Waals surface area contributed by atoms with Gasteiger partial charge in [-0.2, -0.15) is 13.2 Å². The number of imide groups is 1. The first-order valence-corrected chi connectivity index (χ1v) is 13.6. The molecule has 4 rings (SSSR count). The van der Waals surface area contributed by atoms with Crippen LogP contribution in [-0.2, 0) is 22.4 Å². The van der Waals surface area contributed by atoms with Gasteiger partial charge in [0.05, 0.1) is 34.8 Å². The zero-order chi connectivity index (χ0) is 30.6. The van der Waals surface area contributed by atoms with Crippen molar-refractivity contribution in [1.29, 1.82) is 0 Å². The van der Waals surface area contributed by atoms with E-state index in [0.717, 1.165) is 17.7 Å². The van der Waals surface area contributed by atoms with E-state index in [0.29, 0.717) is 44.3 Å². The molecule has 0 spiro atoms. The van der Waals surface area contributed by atoms with Crippen LogP contribution in [0.1, 0.15) is 16.7 Å². The Hall–Kier alpha value is -4.04. The quantitative estimate of drug-likeness (QED) is 0.196. The van der Waals surface area contributed by atoms with E-state index >= 15 is 0 Å². The van der Waals surface area contributed by atoms with Crippen molar-refractivity contribution < 1.29 is 46.2 Å². The Bertz CT molecular complexity index is 1560. The van der Waals surface area contributed by atoms with Crippen molar-refractivity contribution in [2.24, 2.45) is 0 Å². The molecule has 3 amide bonds. The smallest absolute Gasteiger partial charge is 0.416 e. The number of hydrogen-bond acceptors (Lipinski definition) is 7. The molecule has 42 heavy (non-hydrogen) atoms. The van der Waals surface area contributed by atoms with Gasteiger partial charge in [-0.25, -0.2) is 4.39 Å². The van der Waals surface area contributed by atoms with Gasteiger partial charge in [-0.3, -0.25) is 19.3 Å². The number of halogens is 5. The minimum absolute atomic E-state index is 0.0124. The second kappa shape index (κ2) is 12.9. The third-order valence-electron chi connectivity index (χ3n) is 5.82. The van der Waals surface area contributed by atoms with Gasteiger partial charge < -0.3 is 19.5 Å². The molecule has 8 nitrogen and oxygen atoms in total. The molecule has 220 valence electrons. The lowest BCUT2D eigenvalue weighted by atomic mass is 10.1. The molecule has 3 aromatic carbocycles. The SMILES string of the molecule is COc1ccc(C(F)(F)F)cc1NC(=O)CN1C(=O)S/C(=C\c2cc(Br)c(OCc3ccc(F)cc3)c(OC)c2)C1=O. The third-order valence-corrected chi connectivity index (χ3v) is 7.32. The van der Waals surface area contributed by atoms with E-state index in [4.69, 9.17) is 14.2 Å². The Kier molecular flexibility index (Phi) is 9.46. The van der Waals surface area contributed by atoms with E-state index in [1.54, 1.807) is 24.3 Å². The Balaban J connectivity index is 1.48. The summed E-state index contributed by atoms with van der Waals surface area (Å²) in [6, 6.07) is 11.5. The molecule has 0 bridgehead atoms. The minimum Gasteiger partial charge on any atom is -0.495 e. The van der Waals surface area contributed by atoms with Crippen LogP contribution in [0, 0.1) is 5.82 Å². The van der Waals surface area contributed by atoms with Crippen molar-refractivity contribution in [1.82, 2.24) is 4.90 Å². The van der Waals surface area contributed by atoms with Gasteiger partial charge in [0.2, 0.25) is 5.91 Å². The number of thioether (sulfide) groups is 1. The highest BCUT2D eigenvalue weighted by Gasteiger charge is 2.37. The fourth-order valence-corrected chi connectivity index (χ4v) is 5.21. The lowest BCUT2D eigenvalue weighted by Crippen LogP contribution is -2.36. The highest BCUT2D eigenvalue weighted by Crippen LogP contribution is 2.40. The topological polar surface area (TPSA) is 94.2 Å². The first kappa shape index (κ1) is 30.9. The average Bonchev–Trinajstić information content (AvgIpc) is 3.19. The molecule has 1 N–H and O–H groups in total. The summed E-state index contributed by atoms with van der Waals surface area (Å²) in [5.41, 5.74) is -0.0881. The highest BCUT2D eigenvalue weighted by atomic mass is 79.9. The first-order valence-electron chi connectivity index (χ1n) is 11.9. The van der Waals surface area contributed by atoms with Crippen LogP contribution in [0.5, 0.6) is 17.2 Å². The number of nitrogens with zero attached hydrogens (tertiary/aromatic N) is 1. The van der Waals surface area contributed by atoms with Crippen LogP contribution in [0.2, 0.25) is 0 Å². The second-order valence-corrected chi connectivity index (χ2v) is 10.5. The van der Waals surface area contributed by atoms with Crippen LogP contribution >= 0.6 is 27.7 Å². The van der Waals surface area contributed by atoms with Crippen LogP contribution in [0.15, 0.2) is 64.0 Å².